The van der Waals surface area contributed by atoms with Gasteiger partial charge < -0.3 is 35.8 Å². The molecule has 0 atom stereocenters. The van der Waals surface area contributed by atoms with Crippen molar-refractivity contribution in [3.63, 3.8) is 0 Å². The van der Waals surface area contributed by atoms with Crippen molar-refractivity contribution in [3.05, 3.63) is 118 Å². The fraction of sp³-hybridized carbons (Fsp3) is 0. The Morgan fingerprint density at radius 1 is 0.419 bits per heavy atom. The number of amides is 2. The molecule has 0 radical (unpaired) electrons. The number of nitrogens with one attached hydrogen (secondary N) is 2. The molecule has 0 unspecified atom stereocenters. The lowest BCUT2D eigenvalue weighted by atomic mass is 10.1. The summed E-state index contributed by atoms with van der Waals surface area (Å²) in [5.74, 6) is -5.98. The molecule has 13 heteroatoms. The maximum atomic E-state index is 12.6. The van der Waals surface area contributed by atoms with E-state index in [9.17, 15) is 49.2 Å². The van der Waals surface area contributed by atoms with E-state index in [1.165, 1.54) is 48.5 Å². The smallest absolute Gasteiger partial charge is 0.335 e. The van der Waals surface area contributed by atoms with Gasteiger partial charge in [0.2, 0.25) is 0 Å². The van der Waals surface area contributed by atoms with Gasteiger partial charge in [0.15, 0.2) is 0 Å². The minimum absolute atomic E-state index is 0.0105. The maximum absolute atomic E-state index is 12.6. The van der Waals surface area contributed by atoms with Gasteiger partial charge in [-0.05, 0) is 84.9 Å². The largest absolute Gasteiger partial charge is 0.478 e. The van der Waals surface area contributed by atoms with Crippen LogP contribution in [0, 0.1) is 0 Å². The Bertz CT molecular complexity index is 1580. The van der Waals surface area contributed by atoms with Gasteiger partial charge in [-0.1, -0.05) is 0 Å². The Morgan fingerprint density at radius 2 is 0.698 bits per heavy atom. The Hall–Kier alpha value is -6.50. The Morgan fingerprint density at radius 3 is 0.953 bits per heavy atom. The van der Waals surface area contributed by atoms with Crippen molar-refractivity contribution in [1.82, 2.24) is 0 Å². The molecule has 4 rings (SSSR count). The molecule has 43 heavy (non-hydrogen) atoms. The van der Waals surface area contributed by atoms with Crippen LogP contribution in [0.15, 0.2) is 84.9 Å². The van der Waals surface area contributed by atoms with Crippen LogP contribution in [0.2, 0.25) is 0 Å². The molecule has 0 aliphatic heterocycles. The van der Waals surface area contributed by atoms with Crippen LogP contribution < -0.4 is 15.4 Å². The number of anilines is 2. The van der Waals surface area contributed by atoms with E-state index in [4.69, 9.17) is 4.74 Å². The number of carbonyl (C=O) groups is 6. The molecule has 4 aromatic rings. The normalized spacial score (nSPS) is 10.3. The van der Waals surface area contributed by atoms with Gasteiger partial charge in [-0.15, -0.1) is 0 Å². The van der Waals surface area contributed by atoms with Crippen molar-refractivity contribution in [2.45, 2.75) is 0 Å². The fourth-order valence-electron chi connectivity index (χ4n) is 3.78. The summed E-state index contributed by atoms with van der Waals surface area (Å²) in [5.41, 5.74) is -0.883. The summed E-state index contributed by atoms with van der Waals surface area (Å²) in [5, 5.41) is 41.7. The second kappa shape index (κ2) is 12.3. The summed E-state index contributed by atoms with van der Waals surface area (Å²) < 4.78 is 5.73. The third-order valence-electron chi connectivity index (χ3n) is 5.84. The van der Waals surface area contributed by atoms with Crippen molar-refractivity contribution in [1.29, 1.82) is 0 Å². The van der Waals surface area contributed by atoms with E-state index < -0.39 is 35.7 Å². The molecular formula is C30H20N2O11. The van der Waals surface area contributed by atoms with Crippen molar-refractivity contribution in [3.8, 4) is 11.5 Å². The molecule has 0 saturated heterocycles. The lowest BCUT2D eigenvalue weighted by Crippen LogP contribution is -2.13. The zero-order valence-electron chi connectivity index (χ0n) is 21.7. The van der Waals surface area contributed by atoms with E-state index in [2.05, 4.69) is 10.6 Å². The molecule has 0 spiro atoms. The summed E-state index contributed by atoms with van der Waals surface area (Å²) in [7, 11) is 0. The van der Waals surface area contributed by atoms with E-state index in [1.54, 1.807) is 0 Å². The Labute approximate surface area is 241 Å². The fourth-order valence-corrected chi connectivity index (χ4v) is 3.78. The molecule has 0 aliphatic rings. The van der Waals surface area contributed by atoms with Gasteiger partial charge in [0.25, 0.3) is 11.8 Å². The Balaban J connectivity index is 1.40. The van der Waals surface area contributed by atoms with Gasteiger partial charge in [-0.2, -0.15) is 0 Å². The van der Waals surface area contributed by atoms with Gasteiger partial charge >= 0.3 is 23.9 Å². The van der Waals surface area contributed by atoms with Crippen LogP contribution in [0.3, 0.4) is 0 Å². The van der Waals surface area contributed by atoms with Gasteiger partial charge in [-0.25, -0.2) is 19.2 Å². The monoisotopic (exact) mass is 584 g/mol. The number of hydrogen-bond donors (Lipinski definition) is 6. The zero-order valence-corrected chi connectivity index (χ0v) is 21.7. The van der Waals surface area contributed by atoms with E-state index in [1.807, 2.05) is 0 Å². The van der Waals surface area contributed by atoms with E-state index in [0.717, 1.165) is 36.4 Å². The summed E-state index contributed by atoms with van der Waals surface area (Å²) >= 11 is 0. The van der Waals surface area contributed by atoms with Crippen LogP contribution in [-0.4, -0.2) is 56.1 Å². The summed E-state index contributed by atoms with van der Waals surface area (Å²) in [4.78, 5) is 70.4. The van der Waals surface area contributed by atoms with Crippen LogP contribution in [0.5, 0.6) is 11.5 Å². The first kappa shape index (κ1) is 29.5. The predicted octanol–water partition coefficient (Wildman–Crippen LogP) is 4.78. The van der Waals surface area contributed by atoms with E-state index >= 15 is 0 Å². The molecule has 0 saturated carbocycles. The first-order chi connectivity index (χ1) is 20.4. The SMILES string of the molecule is O=C(O)c1cc(NC(=O)c2ccc(Oc3ccc(C(=O)Nc4cc(C(=O)O)cc(C(=O)O)c4)cc3)cc2)cc(C(=O)O)c1. The highest BCUT2D eigenvalue weighted by Crippen LogP contribution is 2.24. The summed E-state index contributed by atoms with van der Waals surface area (Å²) in [6.07, 6.45) is 0. The van der Waals surface area contributed by atoms with Crippen LogP contribution in [0.4, 0.5) is 11.4 Å². The zero-order chi connectivity index (χ0) is 31.3. The first-order valence-corrected chi connectivity index (χ1v) is 12.1. The predicted molar refractivity (Wildman–Crippen MR) is 150 cm³/mol. The molecule has 6 N–H and O–H groups in total. The molecule has 0 aromatic heterocycles. The lowest BCUT2D eigenvalue weighted by molar-refractivity contribution is 0.0676. The van der Waals surface area contributed by atoms with Crippen molar-refractivity contribution >= 4 is 47.1 Å². The second-order valence-electron chi connectivity index (χ2n) is 8.88. The van der Waals surface area contributed by atoms with Crippen LogP contribution in [-0.2, 0) is 0 Å². The third-order valence-corrected chi connectivity index (χ3v) is 5.84. The quantitative estimate of drug-likeness (QED) is 0.149. The van der Waals surface area contributed by atoms with Gasteiger partial charge in [0, 0.05) is 22.5 Å². The summed E-state index contributed by atoms with van der Waals surface area (Å²) in [6, 6.07) is 18.2. The number of benzene rings is 4. The van der Waals surface area contributed by atoms with Crippen molar-refractivity contribution in [2.75, 3.05) is 10.6 Å². The highest BCUT2D eigenvalue weighted by molar-refractivity contribution is 6.07. The van der Waals surface area contributed by atoms with Gasteiger partial charge in [0.1, 0.15) is 11.5 Å². The van der Waals surface area contributed by atoms with Crippen LogP contribution >= 0.6 is 0 Å². The second-order valence-corrected chi connectivity index (χ2v) is 8.88. The number of hydrogen-bond acceptors (Lipinski definition) is 7. The Kier molecular flexibility index (Phi) is 8.47. The molecule has 4 aromatic carbocycles. The number of carboxylic acids is 4. The number of aromatic carboxylic acids is 4. The number of ether oxygens (including phenoxy) is 1. The molecule has 216 valence electrons. The number of carbonyl (C=O) groups excluding carboxylic acids is 2. The summed E-state index contributed by atoms with van der Waals surface area (Å²) in [6.45, 7) is 0. The highest BCUT2D eigenvalue weighted by atomic mass is 16.5. The molecule has 0 bridgehead atoms. The first-order valence-electron chi connectivity index (χ1n) is 12.1. The molecule has 0 fully saturated rings. The van der Waals surface area contributed by atoms with Gasteiger partial charge in [-0.3, -0.25) is 9.59 Å². The average Bonchev–Trinajstić information content (AvgIpc) is 2.97. The third kappa shape index (κ3) is 7.37. The van der Waals surface area contributed by atoms with Gasteiger partial charge in [0.05, 0.1) is 22.3 Å². The van der Waals surface area contributed by atoms with Crippen molar-refractivity contribution in [2.24, 2.45) is 0 Å². The number of rotatable bonds is 10. The minimum atomic E-state index is -1.35. The molecule has 13 nitrogen and oxygen atoms in total. The topological polar surface area (TPSA) is 217 Å². The van der Waals surface area contributed by atoms with Crippen LogP contribution in [0.1, 0.15) is 62.1 Å². The highest BCUT2D eigenvalue weighted by Gasteiger charge is 2.16. The molecule has 0 aliphatic carbocycles. The maximum Gasteiger partial charge on any atom is 0.335 e. The minimum Gasteiger partial charge on any atom is -0.478 e. The lowest BCUT2D eigenvalue weighted by Gasteiger charge is -2.10. The van der Waals surface area contributed by atoms with Crippen molar-refractivity contribution < 1.29 is 53.9 Å². The van der Waals surface area contributed by atoms with E-state index in [0.29, 0.717) is 11.5 Å². The molecular weight excluding hydrogens is 564 g/mol. The standard InChI is InChI=1S/C30H20N2O11/c33-25(31-21-11-17(27(35)36)9-18(12-21)28(37)38)15-1-5-23(6-2-15)43-24-7-3-16(4-8-24)26(34)32-22-13-19(29(39)40)10-20(14-22)30(41)42/h1-14H,(H,31,33)(H,32,34)(H,35,36)(H,37,38)(H,39,40)(H,41,42). The molecule has 0 heterocycles. The average molecular weight is 584 g/mol. The molecule has 2 amide bonds. The number of carboxylic acid groups (broad SMARTS) is 4. The van der Waals surface area contributed by atoms with E-state index in [-0.39, 0.29) is 44.8 Å². The van der Waals surface area contributed by atoms with Crippen LogP contribution in [0.25, 0.3) is 0 Å².